The van der Waals surface area contributed by atoms with Crippen LogP contribution >= 0.6 is 0 Å². The van der Waals surface area contributed by atoms with Crippen molar-refractivity contribution >= 4 is 6.03 Å². The zero-order chi connectivity index (χ0) is 18.2. The van der Waals surface area contributed by atoms with Crippen LogP contribution in [0.25, 0.3) is 0 Å². The van der Waals surface area contributed by atoms with Gasteiger partial charge >= 0.3 is 6.03 Å². The van der Waals surface area contributed by atoms with Crippen LogP contribution in [0.4, 0.5) is 4.79 Å². The fourth-order valence-corrected chi connectivity index (χ4v) is 2.30. The Kier molecular flexibility index (Phi) is 6.47. The molecule has 0 bridgehead atoms. The average molecular weight is 346 g/mol. The number of hydroxylamine groups is 2. The quantitative estimate of drug-likeness (QED) is 0.566. The predicted octanol–water partition coefficient (Wildman–Crippen LogP) is 2.60. The number of methoxy groups -OCH3 is 2. The van der Waals surface area contributed by atoms with E-state index in [2.05, 4.69) is 0 Å². The number of rotatable bonds is 8. The summed E-state index contributed by atoms with van der Waals surface area (Å²) in [6.07, 6.45) is 0.380. The minimum absolute atomic E-state index is 0.0614. The molecule has 7 nitrogen and oxygen atoms in total. The van der Waals surface area contributed by atoms with Gasteiger partial charge in [-0.05, 0) is 29.7 Å². The van der Waals surface area contributed by atoms with Crippen molar-refractivity contribution in [2.45, 2.75) is 13.0 Å². The van der Waals surface area contributed by atoms with Crippen LogP contribution in [0.15, 0.2) is 42.5 Å². The minimum Gasteiger partial charge on any atom is -0.493 e. The Morgan fingerprint density at radius 2 is 1.68 bits per heavy atom. The first kappa shape index (κ1) is 18.4. The largest absolute Gasteiger partial charge is 0.493 e. The molecule has 0 spiro atoms. The molecule has 2 aromatic rings. The van der Waals surface area contributed by atoms with E-state index in [-0.39, 0.29) is 6.54 Å². The summed E-state index contributed by atoms with van der Waals surface area (Å²) in [6.45, 7) is 0.435. The normalized spacial score (nSPS) is 10.2. The Labute approximate surface area is 146 Å². The van der Waals surface area contributed by atoms with Crippen LogP contribution in [0.1, 0.15) is 11.1 Å². The van der Waals surface area contributed by atoms with Gasteiger partial charge in [-0.15, -0.1) is 0 Å². The highest BCUT2D eigenvalue weighted by Gasteiger charge is 2.15. The summed E-state index contributed by atoms with van der Waals surface area (Å²) in [6, 6.07) is 12.4. The summed E-state index contributed by atoms with van der Waals surface area (Å²) in [5, 5.41) is 9.83. The number of carbonyl (C=O) groups is 1. The molecular formula is C18H22N2O5. The molecule has 0 saturated heterocycles. The molecular weight excluding hydrogens is 324 g/mol. The Bertz CT molecular complexity index is 681. The van der Waals surface area contributed by atoms with Crippen molar-refractivity contribution in [2.75, 3.05) is 20.8 Å². The first-order valence-electron chi connectivity index (χ1n) is 7.72. The molecule has 134 valence electrons. The van der Waals surface area contributed by atoms with Crippen LogP contribution in [0.2, 0.25) is 0 Å². The molecule has 0 aliphatic heterocycles. The molecule has 7 heteroatoms. The summed E-state index contributed by atoms with van der Waals surface area (Å²) >= 11 is 0. The Hall–Kier alpha value is -2.93. The highest BCUT2D eigenvalue weighted by atomic mass is 16.5. The third-order valence-corrected chi connectivity index (χ3v) is 3.61. The third-order valence-electron chi connectivity index (χ3n) is 3.61. The molecule has 2 rings (SSSR count). The van der Waals surface area contributed by atoms with Gasteiger partial charge < -0.3 is 19.9 Å². The molecule has 0 aliphatic rings. The van der Waals surface area contributed by atoms with E-state index in [1.54, 1.807) is 12.1 Å². The van der Waals surface area contributed by atoms with Gasteiger partial charge in [-0.2, -0.15) is 0 Å². The Morgan fingerprint density at radius 1 is 1.08 bits per heavy atom. The van der Waals surface area contributed by atoms with E-state index < -0.39 is 6.03 Å². The second kappa shape index (κ2) is 8.79. The summed E-state index contributed by atoms with van der Waals surface area (Å²) < 4.78 is 16.7. The molecule has 25 heavy (non-hydrogen) atoms. The highest BCUT2D eigenvalue weighted by Crippen LogP contribution is 2.39. The topological polar surface area (TPSA) is 94.2 Å². The van der Waals surface area contributed by atoms with E-state index in [1.807, 2.05) is 30.3 Å². The second-order valence-electron chi connectivity index (χ2n) is 5.32. The maximum atomic E-state index is 10.9. The van der Waals surface area contributed by atoms with Crippen LogP contribution in [0.5, 0.6) is 17.2 Å². The number of amides is 2. The molecule has 0 heterocycles. The fraction of sp³-hybridized carbons (Fsp3) is 0.278. The lowest BCUT2D eigenvalue weighted by Gasteiger charge is -2.17. The third kappa shape index (κ3) is 5.02. The minimum atomic E-state index is -0.901. The zero-order valence-corrected chi connectivity index (χ0v) is 14.3. The molecule has 2 amide bonds. The first-order chi connectivity index (χ1) is 12.0. The molecule has 0 atom stereocenters. The molecule has 2 aromatic carbocycles. The van der Waals surface area contributed by atoms with Gasteiger partial charge in [0.2, 0.25) is 5.75 Å². The molecule has 0 unspecified atom stereocenters. The maximum absolute atomic E-state index is 10.9. The smallest absolute Gasteiger partial charge is 0.338 e. The van der Waals surface area contributed by atoms with Crippen molar-refractivity contribution in [3.8, 4) is 17.2 Å². The van der Waals surface area contributed by atoms with Gasteiger partial charge in [-0.3, -0.25) is 5.21 Å². The van der Waals surface area contributed by atoms with Crippen LogP contribution in [0.3, 0.4) is 0 Å². The summed E-state index contributed by atoms with van der Waals surface area (Å²) in [5.41, 5.74) is 6.83. The number of nitrogens with zero attached hydrogens (tertiary/aromatic N) is 1. The number of ether oxygens (including phenoxy) is 3. The summed E-state index contributed by atoms with van der Waals surface area (Å²) in [5.74, 6) is 1.51. The number of benzene rings is 2. The van der Waals surface area contributed by atoms with Crippen LogP contribution in [-0.2, 0) is 13.0 Å². The van der Waals surface area contributed by atoms with Gasteiger partial charge in [0, 0.05) is 0 Å². The standard InChI is InChI=1S/C18H22N2O5/c1-23-15-10-14(8-9-20(22)18(19)21)11-16(24-2)17(15)25-12-13-6-4-3-5-7-13/h3-7,10-11,22H,8-9,12H2,1-2H3,(H2,19,21). The number of carbonyl (C=O) groups excluding carboxylic acids is 1. The number of hydrogen-bond donors (Lipinski definition) is 2. The predicted molar refractivity (Wildman–Crippen MR) is 92.1 cm³/mol. The lowest BCUT2D eigenvalue weighted by atomic mass is 10.1. The van der Waals surface area contributed by atoms with Gasteiger partial charge in [0.1, 0.15) is 6.61 Å². The maximum Gasteiger partial charge on any atom is 0.338 e. The molecule has 0 radical (unpaired) electrons. The monoisotopic (exact) mass is 346 g/mol. The summed E-state index contributed by atoms with van der Waals surface area (Å²) in [4.78, 5) is 10.9. The number of nitrogens with two attached hydrogens (primary N) is 1. The van der Waals surface area contributed by atoms with E-state index in [1.165, 1.54) is 14.2 Å². The van der Waals surface area contributed by atoms with Crippen molar-refractivity contribution in [2.24, 2.45) is 5.73 Å². The van der Waals surface area contributed by atoms with E-state index >= 15 is 0 Å². The van der Waals surface area contributed by atoms with E-state index in [0.29, 0.717) is 35.3 Å². The van der Waals surface area contributed by atoms with Gasteiger partial charge in [-0.1, -0.05) is 30.3 Å². The Morgan fingerprint density at radius 3 is 2.20 bits per heavy atom. The van der Waals surface area contributed by atoms with Crippen LogP contribution in [-0.4, -0.2) is 37.1 Å². The summed E-state index contributed by atoms with van der Waals surface area (Å²) in [7, 11) is 3.07. The van der Waals surface area contributed by atoms with Gasteiger partial charge in [0.25, 0.3) is 0 Å². The van der Waals surface area contributed by atoms with Gasteiger partial charge in [0.05, 0.1) is 20.8 Å². The van der Waals surface area contributed by atoms with E-state index in [0.717, 1.165) is 11.1 Å². The first-order valence-corrected chi connectivity index (χ1v) is 7.72. The molecule has 3 N–H and O–H groups in total. The van der Waals surface area contributed by atoms with Crippen LogP contribution < -0.4 is 19.9 Å². The van der Waals surface area contributed by atoms with Crippen molar-refractivity contribution in [1.29, 1.82) is 0 Å². The SMILES string of the molecule is COc1cc(CCN(O)C(N)=O)cc(OC)c1OCc1ccccc1. The van der Waals surface area contributed by atoms with Crippen LogP contribution in [0, 0.1) is 0 Å². The lowest BCUT2D eigenvalue weighted by Crippen LogP contribution is -2.34. The van der Waals surface area contributed by atoms with Gasteiger partial charge in [-0.25, -0.2) is 9.86 Å². The zero-order valence-electron chi connectivity index (χ0n) is 14.3. The lowest BCUT2D eigenvalue weighted by molar-refractivity contribution is -0.0382. The van der Waals surface area contributed by atoms with E-state index in [4.69, 9.17) is 19.9 Å². The van der Waals surface area contributed by atoms with E-state index in [9.17, 15) is 10.0 Å². The van der Waals surface area contributed by atoms with Gasteiger partial charge in [0.15, 0.2) is 11.5 Å². The number of primary amides is 1. The molecule has 0 aromatic heterocycles. The number of urea groups is 1. The van der Waals surface area contributed by atoms with Crippen molar-refractivity contribution in [3.63, 3.8) is 0 Å². The molecule has 0 saturated carbocycles. The number of hydrogen-bond acceptors (Lipinski definition) is 5. The molecule has 0 fully saturated rings. The second-order valence-corrected chi connectivity index (χ2v) is 5.32. The van der Waals surface area contributed by atoms with Crippen molar-refractivity contribution < 1.29 is 24.2 Å². The highest BCUT2D eigenvalue weighted by molar-refractivity contribution is 5.70. The fourth-order valence-electron chi connectivity index (χ4n) is 2.30. The Balaban J connectivity index is 2.17. The van der Waals surface area contributed by atoms with Crippen molar-refractivity contribution in [3.05, 3.63) is 53.6 Å². The molecule has 0 aliphatic carbocycles. The average Bonchev–Trinajstić information content (AvgIpc) is 2.64. The van der Waals surface area contributed by atoms with Crippen molar-refractivity contribution in [1.82, 2.24) is 5.06 Å².